The van der Waals surface area contributed by atoms with E-state index in [2.05, 4.69) is 4.98 Å². The minimum absolute atomic E-state index is 0.244. The first-order chi connectivity index (χ1) is 8.61. The molecule has 1 heterocycles. The molecular formula is C12H8N2O4. The molecule has 0 radical (unpaired) electrons. The van der Waals surface area contributed by atoms with E-state index in [1.807, 2.05) is 0 Å². The molecule has 18 heavy (non-hydrogen) atoms. The summed E-state index contributed by atoms with van der Waals surface area (Å²) < 4.78 is 0. The van der Waals surface area contributed by atoms with Gasteiger partial charge in [-0.05, 0) is 18.2 Å². The maximum atomic E-state index is 11.0. The van der Waals surface area contributed by atoms with E-state index in [9.17, 15) is 14.9 Å². The van der Waals surface area contributed by atoms with Gasteiger partial charge in [-0.2, -0.15) is 0 Å². The van der Waals surface area contributed by atoms with Gasteiger partial charge in [0.25, 0.3) is 5.69 Å². The number of aromatic nitrogens is 1. The second kappa shape index (κ2) is 4.62. The van der Waals surface area contributed by atoms with Crippen molar-refractivity contribution < 1.29 is 14.8 Å². The predicted molar refractivity (Wildman–Crippen MR) is 63.3 cm³/mol. The zero-order chi connectivity index (χ0) is 13.1. The molecule has 6 nitrogen and oxygen atoms in total. The summed E-state index contributed by atoms with van der Waals surface area (Å²) in [5.41, 5.74) is -0.000321. The van der Waals surface area contributed by atoms with Crippen molar-refractivity contribution in [2.24, 2.45) is 0 Å². The number of benzene rings is 1. The summed E-state index contributed by atoms with van der Waals surface area (Å²) in [6.07, 6.45) is 2.99. The van der Waals surface area contributed by atoms with Crippen LogP contribution < -0.4 is 0 Å². The molecule has 90 valence electrons. The molecule has 2 rings (SSSR count). The number of para-hydroxylation sites is 1. The van der Waals surface area contributed by atoms with Gasteiger partial charge < -0.3 is 5.11 Å². The largest absolute Gasteiger partial charge is 0.477 e. The maximum Gasteiger partial charge on any atom is 0.342 e. The van der Waals surface area contributed by atoms with Crippen molar-refractivity contribution in [1.82, 2.24) is 4.98 Å². The quantitative estimate of drug-likeness (QED) is 0.660. The molecule has 0 atom stereocenters. The van der Waals surface area contributed by atoms with E-state index in [1.165, 1.54) is 30.6 Å². The van der Waals surface area contributed by atoms with E-state index >= 15 is 0 Å². The summed E-state index contributed by atoms with van der Waals surface area (Å²) in [5.74, 6) is -1.33. The third-order valence-electron chi connectivity index (χ3n) is 2.42. The van der Waals surface area contributed by atoms with Gasteiger partial charge >= 0.3 is 5.97 Å². The molecule has 0 aliphatic carbocycles. The van der Waals surface area contributed by atoms with Crippen molar-refractivity contribution in [1.29, 1.82) is 0 Å². The summed E-state index contributed by atoms with van der Waals surface area (Å²) in [6.45, 7) is 0. The van der Waals surface area contributed by atoms with Crippen LogP contribution in [-0.2, 0) is 0 Å². The highest BCUT2D eigenvalue weighted by molar-refractivity contribution is 5.96. The van der Waals surface area contributed by atoms with Crippen LogP contribution in [0.2, 0.25) is 0 Å². The molecule has 0 aliphatic rings. The standard InChI is InChI=1S/C12H8N2O4/c15-12(16)10-5-1-4-9(11(10)14(17)18)8-3-2-6-13-7-8/h1-7H,(H,15,16). The third kappa shape index (κ3) is 2.03. The van der Waals surface area contributed by atoms with Crippen LogP contribution in [0.1, 0.15) is 10.4 Å². The average molecular weight is 244 g/mol. The Kier molecular flexibility index (Phi) is 3.01. The Balaban J connectivity index is 2.72. The Bertz CT molecular complexity index is 611. The molecule has 2 aromatic rings. The van der Waals surface area contributed by atoms with Crippen LogP contribution in [0.5, 0.6) is 0 Å². The van der Waals surface area contributed by atoms with Crippen molar-refractivity contribution in [3.63, 3.8) is 0 Å². The first-order valence-corrected chi connectivity index (χ1v) is 5.02. The fourth-order valence-corrected chi connectivity index (χ4v) is 1.67. The Morgan fingerprint density at radius 2 is 2.06 bits per heavy atom. The van der Waals surface area contributed by atoms with E-state index < -0.39 is 16.6 Å². The van der Waals surface area contributed by atoms with Gasteiger partial charge in [0.1, 0.15) is 5.56 Å². The topological polar surface area (TPSA) is 93.3 Å². The lowest BCUT2D eigenvalue weighted by Gasteiger charge is -2.04. The van der Waals surface area contributed by atoms with Crippen molar-refractivity contribution in [2.45, 2.75) is 0 Å². The lowest BCUT2D eigenvalue weighted by Crippen LogP contribution is -2.04. The van der Waals surface area contributed by atoms with E-state index in [0.717, 1.165) is 0 Å². The number of nitro benzene ring substituents is 1. The molecule has 1 aromatic heterocycles. The van der Waals surface area contributed by atoms with E-state index in [4.69, 9.17) is 5.11 Å². The minimum atomic E-state index is -1.33. The molecule has 0 amide bonds. The van der Waals surface area contributed by atoms with Crippen molar-refractivity contribution in [2.75, 3.05) is 0 Å². The van der Waals surface area contributed by atoms with Crippen molar-refractivity contribution in [3.8, 4) is 11.1 Å². The molecular weight excluding hydrogens is 236 g/mol. The number of hydrogen-bond donors (Lipinski definition) is 1. The van der Waals surface area contributed by atoms with Crippen LogP contribution >= 0.6 is 0 Å². The molecule has 0 saturated heterocycles. The first kappa shape index (κ1) is 11.7. The third-order valence-corrected chi connectivity index (χ3v) is 2.42. The molecule has 0 saturated carbocycles. The summed E-state index contributed by atoms with van der Waals surface area (Å²) in [7, 11) is 0. The summed E-state index contributed by atoms with van der Waals surface area (Å²) in [6, 6.07) is 7.45. The SMILES string of the molecule is O=C(O)c1cccc(-c2cccnc2)c1[N+](=O)[O-]. The number of nitrogens with zero attached hydrogens (tertiary/aromatic N) is 2. The summed E-state index contributed by atoms with van der Waals surface area (Å²) >= 11 is 0. The molecule has 0 aliphatic heterocycles. The highest BCUT2D eigenvalue weighted by atomic mass is 16.6. The fraction of sp³-hybridized carbons (Fsp3) is 0. The Hall–Kier alpha value is -2.76. The van der Waals surface area contributed by atoms with Gasteiger partial charge in [0, 0.05) is 18.0 Å². The predicted octanol–water partition coefficient (Wildman–Crippen LogP) is 2.36. The highest BCUT2D eigenvalue weighted by Gasteiger charge is 2.24. The molecule has 1 aromatic carbocycles. The zero-order valence-corrected chi connectivity index (χ0v) is 9.11. The normalized spacial score (nSPS) is 10.0. The molecule has 0 unspecified atom stereocenters. The smallest absolute Gasteiger partial charge is 0.342 e. The number of carbonyl (C=O) groups is 1. The number of aromatic carboxylic acids is 1. The van der Waals surface area contributed by atoms with Gasteiger partial charge in [-0.25, -0.2) is 4.79 Å². The lowest BCUT2D eigenvalue weighted by atomic mass is 10.0. The van der Waals surface area contributed by atoms with Gasteiger partial charge in [0.15, 0.2) is 0 Å². The average Bonchev–Trinajstić information content (AvgIpc) is 2.38. The molecule has 0 spiro atoms. The lowest BCUT2D eigenvalue weighted by molar-refractivity contribution is -0.384. The highest BCUT2D eigenvalue weighted by Crippen LogP contribution is 2.32. The first-order valence-electron chi connectivity index (χ1n) is 5.02. The number of pyridine rings is 1. The molecule has 0 fully saturated rings. The monoisotopic (exact) mass is 244 g/mol. The maximum absolute atomic E-state index is 11.0. The van der Waals surface area contributed by atoms with Gasteiger partial charge in [0.2, 0.25) is 0 Å². The fourth-order valence-electron chi connectivity index (χ4n) is 1.67. The second-order valence-electron chi connectivity index (χ2n) is 3.51. The number of nitro groups is 1. The van der Waals surface area contributed by atoms with Gasteiger partial charge in [0.05, 0.1) is 10.5 Å². The van der Waals surface area contributed by atoms with E-state index in [-0.39, 0.29) is 11.1 Å². The Morgan fingerprint density at radius 3 is 2.61 bits per heavy atom. The van der Waals surface area contributed by atoms with Crippen molar-refractivity contribution in [3.05, 3.63) is 58.4 Å². The number of hydrogen-bond acceptors (Lipinski definition) is 4. The van der Waals surface area contributed by atoms with E-state index in [0.29, 0.717) is 5.56 Å². The number of carboxylic acid groups (broad SMARTS) is 1. The van der Waals surface area contributed by atoms with Crippen LogP contribution in [0.25, 0.3) is 11.1 Å². The number of rotatable bonds is 3. The van der Waals surface area contributed by atoms with Crippen LogP contribution in [-0.4, -0.2) is 21.0 Å². The Morgan fingerprint density at radius 1 is 1.28 bits per heavy atom. The summed E-state index contributed by atoms with van der Waals surface area (Å²) in [5, 5.41) is 20.0. The second-order valence-corrected chi connectivity index (χ2v) is 3.51. The minimum Gasteiger partial charge on any atom is -0.477 e. The van der Waals surface area contributed by atoms with Crippen LogP contribution in [0.15, 0.2) is 42.7 Å². The van der Waals surface area contributed by atoms with Gasteiger partial charge in [-0.3, -0.25) is 15.1 Å². The Labute approximate surface area is 102 Å². The van der Waals surface area contributed by atoms with E-state index in [1.54, 1.807) is 12.1 Å². The number of carboxylic acids is 1. The zero-order valence-electron chi connectivity index (χ0n) is 9.11. The van der Waals surface area contributed by atoms with Gasteiger partial charge in [-0.15, -0.1) is 0 Å². The van der Waals surface area contributed by atoms with Crippen LogP contribution in [0.3, 0.4) is 0 Å². The van der Waals surface area contributed by atoms with Gasteiger partial charge in [-0.1, -0.05) is 12.1 Å². The van der Waals surface area contributed by atoms with Crippen molar-refractivity contribution >= 4 is 11.7 Å². The molecule has 0 bridgehead atoms. The summed E-state index contributed by atoms with van der Waals surface area (Å²) in [4.78, 5) is 25.2. The molecule has 6 heteroatoms. The molecule has 1 N–H and O–H groups in total. The van der Waals surface area contributed by atoms with Crippen LogP contribution in [0.4, 0.5) is 5.69 Å². The van der Waals surface area contributed by atoms with Crippen LogP contribution in [0, 0.1) is 10.1 Å².